The highest BCUT2D eigenvalue weighted by atomic mass is 32.1. The monoisotopic (exact) mass is 130 g/mol. The van der Waals surface area contributed by atoms with Gasteiger partial charge in [0, 0.05) is 0 Å². The van der Waals surface area contributed by atoms with Crippen LogP contribution in [0.15, 0.2) is 30.3 Å². The number of hydrogen-bond donors (Lipinski definition) is 0. The average Bonchev–Trinajstić information content (AvgIpc) is 1.69. The van der Waals surface area contributed by atoms with Gasteiger partial charge in [-0.3, -0.25) is 0 Å². The average molecular weight is 130 g/mol. The summed E-state index contributed by atoms with van der Waals surface area (Å²) in [5, 5.41) is 0. The molecule has 0 radical (unpaired) electrons. The summed E-state index contributed by atoms with van der Waals surface area (Å²) in [6.45, 7) is 0. The minimum Gasteiger partial charge on any atom is -0.207 e. The number of halogens is 1. The first kappa shape index (κ1) is 7.50. The Morgan fingerprint density at radius 1 is 1.00 bits per heavy atom. The first-order chi connectivity index (χ1) is 3.39. The van der Waals surface area contributed by atoms with Gasteiger partial charge in [0.2, 0.25) is 0 Å². The van der Waals surface area contributed by atoms with Gasteiger partial charge < -0.3 is 0 Å². The fraction of sp³-hybridized carbons (Fsp3) is 0. The van der Waals surface area contributed by atoms with Gasteiger partial charge in [0.05, 0.1) is 0 Å². The molecule has 2 heteroatoms. The lowest BCUT2D eigenvalue weighted by molar-refractivity contribution is 0.628. The molecule has 0 aliphatic carbocycles. The van der Waals surface area contributed by atoms with E-state index < -0.39 is 0 Å². The quantitative estimate of drug-likeness (QED) is 0.503. The largest absolute Gasteiger partial charge is 0.207 e. The minimum atomic E-state index is -0.178. The first-order valence-electron chi connectivity index (χ1n) is 2.10. The molecule has 0 aliphatic heterocycles. The van der Waals surface area contributed by atoms with Crippen molar-refractivity contribution in [1.29, 1.82) is 0 Å². The normalized spacial score (nSPS) is 7.62. The Morgan fingerprint density at radius 3 is 1.75 bits per heavy atom. The van der Waals surface area contributed by atoms with E-state index >= 15 is 0 Å². The second kappa shape index (κ2) is 3.50. The molecule has 1 aromatic carbocycles. The molecule has 0 N–H and O–H groups in total. The SMILES string of the molecule is Fc1ccccc1.S. The maximum atomic E-state index is 11.9. The van der Waals surface area contributed by atoms with Crippen LogP contribution < -0.4 is 0 Å². The lowest BCUT2D eigenvalue weighted by Gasteiger charge is -1.78. The molecule has 0 fully saturated rings. The van der Waals surface area contributed by atoms with Gasteiger partial charge in [0.15, 0.2) is 0 Å². The van der Waals surface area contributed by atoms with E-state index in [1.807, 2.05) is 0 Å². The van der Waals surface area contributed by atoms with E-state index in [-0.39, 0.29) is 19.3 Å². The highest BCUT2D eigenvalue weighted by molar-refractivity contribution is 7.59. The van der Waals surface area contributed by atoms with E-state index in [2.05, 4.69) is 0 Å². The molecule has 1 rings (SSSR count). The molecule has 0 aromatic heterocycles. The summed E-state index contributed by atoms with van der Waals surface area (Å²) >= 11 is 0. The Labute approximate surface area is 54.8 Å². The molecule has 0 aliphatic rings. The van der Waals surface area contributed by atoms with Crippen LogP contribution in [0.4, 0.5) is 4.39 Å². The second-order valence-electron chi connectivity index (χ2n) is 1.30. The van der Waals surface area contributed by atoms with Crippen molar-refractivity contribution in [2.45, 2.75) is 0 Å². The molecule has 0 atom stereocenters. The van der Waals surface area contributed by atoms with Gasteiger partial charge in [0.1, 0.15) is 5.82 Å². The fourth-order valence-electron chi connectivity index (χ4n) is 0.415. The lowest BCUT2D eigenvalue weighted by atomic mass is 10.4. The predicted molar refractivity (Wildman–Crippen MR) is 36.8 cm³/mol. The van der Waals surface area contributed by atoms with Crippen molar-refractivity contribution in [2.75, 3.05) is 0 Å². The standard InChI is InChI=1S/C6H5F.H2S/c7-6-4-2-1-3-5-6;/h1-5H;1H2. The summed E-state index contributed by atoms with van der Waals surface area (Å²) in [6, 6.07) is 7.94. The molecule has 0 heterocycles. The topological polar surface area (TPSA) is 0 Å². The van der Waals surface area contributed by atoms with Gasteiger partial charge in [-0.2, -0.15) is 13.5 Å². The maximum absolute atomic E-state index is 11.9. The van der Waals surface area contributed by atoms with Crippen molar-refractivity contribution in [2.24, 2.45) is 0 Å². The van der Waals surface area contributed by atoms with Crippen LogP contribution in [-0.4, -0.2) is 0 Å². The summed E-state index contributed by atoms with van der Waals surface area (Å²) in [5.74, 6) is -0.178. The molecule has 8 heavy (non-hydrogen) atoms. The van der Waals surface area contributed by atoms with Crippen LogP contribution >= 0.6 is 13.5 Å². The third-order valence-electron chi connectivity index (χ3n) is 0.733. The van der Waals surface area contributed by atoms with Crippen molar-refractivity contribution >= 4 is 13.5 Å². The molecule has 1 aromatic rings. The molecule has 0 saturated carbocycles. The fourth-order valence-corrected chi connectivity index (χ4v) is 0.415. The summed E-state index contributed by atoms with van der Waals surface area (Å²) < 4.78 is 11.9. The van der Waals surface area contributed by atoms with Crippen LogP contribution in [0.25, 0.3) is 0 Å². The van der Waals surface area contributed by atoms with Gasteiger partial charge >= 0.3 is 0 Å². The third kappa shape index (κ3) is 1.98. The van der Waals surface area contributed by atoms with Gasteiger partial charge in [0.25, 0.3) is 0 Å². The van der Waals surface area contributed by atoms with Crippen molar-refractivity contribution in [3.05, 3.63) is 36.1 Å². The van der Waals surface area contributed by atoms with Crippen LogP contribution in [0.5, 0.6) is 0 Å². The molecule has 0 nitrogen and oxygen atoms in total. The zero-order chi connectivity index (χ0) is 5.11. The predicted octanol–water partition coefficient (Wildman–Crippen LogP) is 1.94. The van der Waals surface area contributed by atoms with Crippen LogP contribution in [-0.2, 0) is 0 Å². The maximum Gasteiger partial charge on any atom is 0.123 e. The highest BCUT2D eigenvalue weighted by Gasteiger charge is 1.77. The van der Waals surface area contributed by atoms with Gasteiger partial charge in [-0.1, -0.05) is 18.2 Å². The Bertz CT molecular complexity index is 138. The Balaban J connectivity index is 0.000000490. The van der Waals surface area contributed by atoms with E-state index in [4.69, 9.17) is 0 Å². The molecule has 0 amide bonds. The molecule has 0 saturated heterocycles. The van der Waals surface area contributed by atoms with Crippen molar-refractivity contribution in [1.82, 2.24) is 0 Å². The van der Waals surface area contributed by atoms with E-state index in [1.54, 1.807) is 18.2 Å². The Kier molecular flexibility index (Phi) is 3.28. The first-order valence-corrected chi connectivity index (χ1v) is 2.10. The number of hydrogen-bond acceptors (Lipinski definition) is 0. The summed E-state index contributed by atoms with van der Waals surface area (Å²) in [6.07, 6.45) is 0. The molecule has 0 unspecified atom stereocenters. The van der Waals surface area contributed by atoms with Crippen LogP contribution in [0.2, 0.25) is 0 Å². The number of rotatable bonds is 0. The van der Waals surface area contributed by atoms with Gasteiger partial charge in [-0.15, -0.1) is 0 Å². The lowest BCUT2D eigenvalue weighted by Crippen LogP contribution is -1.63. The van der Waals surface area contributed by atoms with Gasteiger partial charge in [-0.05, 0) is 12.1 Å². The van der Waals surface area contributed by atoms with E-state index in [0.717, 1.165) is 0 Å². The zero-order valence-corrected chi connectivity index (χ0v) is 5.26. The number of benzene rings is 1. The summed E-state index contributed by atoms with van der Waals surface area (Å²) in [7, 11) is 0. The smallest absolute Gasteiger partial charge is 0.123 e. The van der Waals surface area contributed by atoms with Crippen molar-refractivity contribution in [3.8, 4) is 0 Å². The summed E-state index contributed by atoms with van der Waals surface area (Å²) in [4.78, 5) is 0. The molecule has 0 bridgehead atoms. The third-order valence-corrected chi connectivity index (χ3v) is 0.733. The Morgan fingerprint density at radius 2 is 1.50 bits per heavy atom. The molecular weight excluding hydrogens is 123 g/mol. The van der Waals surface area contributed by atoms with Gasteiger partial charge in [-0.25, -0.2) is 4.39 Å². The highest BCUT2D eigenvalue weighted by Crippen LogP contribution is 1.91. The second-order valence-corrected chi connectivity index (χ2v) is 1.30. The summed E-state index contributed by atoms with van der Waals surface area (Å²) in [5.41, 5.74) is 0. The van der Waals surface area contributed by atoms with Crippen LogP contribution in [0.3, 0.4) is 0 Å². The molecule has 44 valence electrons. The van der Waals surface area contributed by atoms with Crippen molar-refractivity contribution < 1.29 is 4.39 Å². The zero-order valence-electron chi connectivity index (χ0n) is 4.26. The van der Waals surface area contributed by atoms with Crippen LogP contribution in [0, 0.1) is 5.82 Å². The van der Waals surface area contributed by atoms with Crippen molar-refractivity contribution in [3.63, 3.8) is 0 Å². The van der Waals surface area contributed by atoms with Crippen LogP contribution in [0.1, 0.15) is 0 Å². The van der Waals surface area contributed by atoms with E-state index in [1.165, 1.54) is 12.1 Å². The minimum absolute atomic E-state index is 0. The van der Waals surface area contributed by atoms with E-state index in [9.17, 15) is 4.39 Å². The molecule has 0 spiro atoms. The Hall–Kier alpha value is -0.500. The van der Waals surface area contributed by atoms with E-state index in [0.29, 0.717) is 0 Å². The molecular formula is C6H7FS.